The molecule has 0 saturated carbocycles. The summed E-state index contributed by atoms with van der Waals surface area (Å²) < 4.78 is 0. The highest BCUT2D eigenvalue weighted by atomic mass is 16.3. The molecule has 23 heavy (non-hydrogen) atoms. The van der Waals surface area contributed by atoms with E-state index in [2.05, 4.69) is 69.3 Å². The van der Waals surface area contributed by atoms with Gasteiger partial charge in [0.05, 0.1) is 0 Å². The SMILES string of the molecule is Cc1ccc(C(C)(c2ccc(C)cc2)c2ccc(O)cc2)cc1. The van der Waals surface area contributed by atoms with E-state index in [0.717, 1.165) is 0 Å². The molecule has 0 bridgehead atoms. The summed E-state index contributed by atoms with van der Waals surface area (Å²) >= 11 is 0. The second kappa shape index (κ2) is 5.92. The molecule has 0 amide bonds. The van der Waals surface area contributed by atoms with E-state index in [1.807, 2.05) is 12.1 Å². The summed E-state index contributed by atoms with van der Waals surface area (Å²) in [5.41, 5.74) is 5.92. The van der Waals surface area contributed by atoms with Crippen LogP contribution in [0.2, 0.25) is 0 Å². The Balaban J connectivity index is 2.21. The van der Waals surface area contributed by atoms with Gasteiger partial charge in [-0.05, 0) is 49.6 Å². The monoisotopic (exact) mass is 302 g/mol. The van der Waals surface area contributed by atoms with Crippen molar-refractivity contribution in [2.24, 2.45) is 0 Å². The molecule has 0 aliphatic carbocycles. The molecule has 0 fully saturated rings. The Morgan fingerprint density at radius 3 is 1.22 bits per heavy atom. The first-order chi connectivity index (χ1) is 11.0. The van der Waals surface area contributed by atoms with Crippen molar-refractivity contribution >= 4 is 0 Å². The van der Waals surface area contributed by atoms with Crippen molar-refractivity contribution in [3.05, 3.63) is 101 Å². The third kappa shape index (κ3) is 2.87. The Morgan fingerprint density at radius 1 is 0.565 bits per heavy atom. The van der Waals surface area contributed by atoms with Gasteiger partial charge in [-0.25, -0.2) is 0 Å². The van der Waals surface area contributed by atoms with Crippen molar-refractivity contribution in [2.75, 3.05) is 0 Å². The highest BCUT2D eigenvalue weighted by Crippen LogP contribution is 2.39. The van der Waals surface area contributed by atoms with Gasteiger partial charge in [-0.1, -0.05) is 71.8 Å². The van der Waals surface area contributed by atoms with E-state index in [1.54, 1.807) is 12.1 Å². The maximum atomic E-state index is 9.64. The lowest BCUT2D eigenvalue weighted by Gasteiger charge is -2.32. The third-order valence-corrected chi connectivity index (χ3v) is 4.70. The number of phenols is 1. The normalized spacial score (nSPS) is 11.4. The van der Waals surface area contributed by atoms with Crippen molar-refractivity contribution in [1.29, 1.82) is 0 Å². The number of aromatic hydroxyl groups is 1. The molecule has 0 aromatic heterocycles. The summed E-state index contributed by atoms with van der Waals surface area (Å²) in [6.45, 7) is 6.45. The van der Waals surface area contributed by atoms with Crippen molar-refractivity contribution < 1.29 is 5.11 Å². The molecular formula is C22H22O. The van der Waals surface area contributed by atoms with Gasteiger partial charge in [0.2, 0.25) is 0 Å². The molecule has 116 valence electrons. The Morgan fingerprint density at radius 2 is 0.870 bits per heavy atom. The minimum absolute atomic E-state index is 0.255. The molecule has 0 aliphatic rings. The molecule has 1 nitrogen and oxygen atoms in total. The van der Waals surface area contributed by atoms with Gasteiger partial charge in [0.25, 0.3) is 0 Å². The zero-order chi connectivity index (χ0) is 16.4. The van der Waals surface area contributed by atoms with E-state index in [0.29, 0.717) is 5.75 Å². The van der Waals surface area contributed by atoms with Crippen molar-refractivity contribution in [3.63, 3.8) is 0 Å². The van der Waals surface area contributed by atoms with E-state index in [-0.39, 0.29) is 5.41 Å². The summed E-state index contributed by atoms with van der Waals surface area (Å²) in [4.78, 5) is 0. The van der Waals surface area contributed by atoms with E-state index >= 15 is 0 Å². The molecule has 0 unspecified atom stereocenters. The van der Waals surface area contributed by atoms with Crippen LogP contribution in [0.1, 0.15) is 34.7 Å². The van der Waals surface area contributed by atoms with Crippen LogP contribution in [0.25, 0.3) is 0 Å². The number of phenolic OH excluding ortho intramolecular Hbond substituents is 1. The summed E-state index contributed by atoms with van der Waals surface area (Å²) in [7, 11) is 0. The zero-order valence-electron chi connectivity index (χ0n) is 13.9. The van der Waals surface area contributed by atoms with E-state index in [4.69, 9.17) is 0 Å². The second-order valence-electron chi connectivity index (χ2n) is 6.40. The van der Waals surface area contributed by atoms with Gasteiger partial charge in [-0.15, -0.1) is 0 Å². The number of rotatable bonds is 3. The third-order valence-electron chi connectivity index (χ3n) is 4.70. The minimum atomic E-state index is -0.255. The quantitative estimate of drug-likeness (QED) is 0.645. The van der Waals surface area contributed by atoms with Crippen molar-refractivity contribution in [1.82, 2.24) is 0 Å². The number of hydrogen-bond donors (Lipinski definition) is 1. The second-order valence-corrected chi connectivity index (χ2v) is 6.40. The molecular weight excluding hydrogens is 280 g/mol. The lowest BCUT2D eigenvalue weighted by Crippen LogP contribution is -2.25. The molecule has 3 rings (SSSR count). The maximum Gasteiger partial charge on any atom is 0.115 e. The van der Waals surface area contributed by atoms with Gasteiger partial charge in [0, 0.05) is 5.41 Å². The van der Waals surface area contributed by atoms with Crippen molar-refractivity contribution in [3.8, 4) is 5.75 Å². The van der Waals surface area contributed by atoms with Gasteiger partial charge < -0.3 is 5.11 Å². The Bertz CT molecular complexity index is 670. The van der Waals surface area contributed by atoms with E-state index < -0.39 is 0 Å². The Kier molecular flexibility index (Phi) is 3.96. The standard InChI is InChI=1S/C22H22O/c1-16-4-8-18(9-5-16)22(3,19-10-6-17(2)7-11-19)20-12-14-21(23)15-13-20/h4-15,23H,1-3H3. The van der Waals surface area contributed by atoms with Crippen LogP contribution >= 0.6 is 0 Å². The average Bonchev–Trinajstić information content (AvgIpc) is 2.56. The van der Waals surface area contributed by atoms with Crippen LogP contribution in [0.15, 0.2) is 72.8 Å². The fourth-order valence-corrected chi connectivity index (χ4v) is 3.07. The largest absolute Gasteiger partial charge is 0.508 e. The minimum Gasteiger partial charge on any atom is -0.508 e. The summed E-state index contributed by atoms with van der Waals surface area (Å²) in [5.74, 6) is 0.295. The first-order valence-corrected chi connectivity index (χ1v) is 7.94. The molecule has 1 heteroatoms. The summed E-state index contributed by atoms with van der Waals surface area (Å²) in [5, 5.41) is 9.64. The molecule has 3 aromatic carbocycles. The van der Waals surface area contributed by atoms with Crippen molar-refractivity contribution in [2.45, 2.75) is 26.2 Å². The summed E-state index contributed by atoms with van der Waals surface area (Å²) in [6, 6.07) is 24.9. The summed E-state index contributed by atoms with van der Waals surface area (Å²) in [6.07, 6.45) is 0. The zero-order valence-corrected chi connectivity index (χ0v) is 13.9. The molecule has 0 heterocycles. The molecule has 0 spiro atoms. The van der Waals surface area contributed by atoms with Gasteiger partial charge >= 0.3 is 0 Å². The highest BCUT2D eigenvalue weighted by molar-refractivity contribution is 5.51. The van der Waals surface area contributed by atoms with E-state index in [1.165, 1.54) is 27.8 Å². The number of hydrogen-bond acceptors (Lipinski definition) is 1. The first-order valence-electron chi connectivity index (χ1n) is 7.94. The fourth-order valence-electron chi connectivity index (χ4n) is 3.07. The van der Waals surface area contributed by atoms with Crippen LogP contribution < -0.4 is 0 Å². The predicted octanol–water partition coefficient (Wildman–Crippen LogP) is 5.36. The van der Waals surface area contributed by atoms with Crippen LogP contribution in [0.3, 0.4) is 0 Å². The number of benzene rings is 3. The molecule has 0 radical (unpaired) electrons. The molecule has 1 N–H and O–H groups in total. The Labute approximate surface area is 138 Å². The van der Waals surface area contributed by atoms with Crippen LogP contribution in [-0.2, 0) is 5.41 Å². The highest BCUT2D eigenvalue weighted by Gasteiger charge is 2.30. The molecule has 0 saturated heterocycles. The number of aryl methyl sites for hydroxylation is 2. The molecule has 0 atom stereocenters. The van der Waals surface area contributed by atoms with Gasteiger partial charge in [0.1, 0.15) is 5.75 Å². The van der Waals surface area contributed by atoms with Crippen LogP contribution in [-0.4, -0.2) is 5.11 Å². The molecule has 0 aliphatic heterocycles. The average molecular weight is 302 g/mol. The topological polar surface area (TPSA) is 20.2 Å². The lowest BCUT2D eigenvalue weighted by atomic mass is 9.71. The van der Waals surface area contributed by atoms with E-state index in [9.17, 15) is 5.11 Å². The van der Waals surface area contributed by atoms with Gasteiger partial charge in [0.15, 0.2) is 0 Å². The van der Waals surface area contributed by atoms with Crippen LogP contribution in [0.5, 0.6) is 5.75 Å². The maximum absolute atomic E-state index is 9.64. The van der Waals surface area contributed by atoms with Crippen LogP contribution in [0.4, 0.5) is 0 Å². The van der Waals surface area contributed by atoms with Crippen LogP contribution in [0, 0.1) is 13.8 Å². The Hall–Kier alpha value is -2.54. The fraction of sp³-hybridized carbons (Fsp3) is 0.182. The van der Waals surface area contributed by atoms with Gasteiger partial charge in [-0.3, -0.25) is 0 Å². The van der Waals surface area contributed by atoms with Gasteiger partial charge in [-0.2, -0.15) is 0 Å². The smallest absolute Gasteiger partial charge is 0.115 e. The molecule has 3 aromatic rings. The predicted molar refractivity (Wildman–Crippen MR) is 96.0 cm³/mol. The lowest BCUT2D eigenvalue weighted by molar-refractivity contribution is 0.474. The first kappa shape index (κ1) is 15.4.